The van der Waals surface area contributed by atoms with E-state index in [0.717, 1.165) is 17.8 Å². The Hall–Kier alpha value is -1.69. The van der Waals surface area contributed by atoms with E-state index in [-0.39, 0.29) is 0 Å². The molecule has 3 heterocycles. The van der Waals surface area contributed by atoms with Gasteiger partial charge in [0.05, 0.1) is 4.88 Å². The third kappa shape index (κ3) is 1.74. The minimum Gasteiger partial charge on any atom is -0.481 e. The Bertz CT molecular complexity index is 547. The highest BCUT2D eigenvalue weighted by molar-refractivity contribution is 7.13. The molecule has 0 radical (unpaired) electrons. The minimum absolute atomic E-state index is 0.509. The smallest absolute Gasteiger partial charge is 0.314 e. The number of aryl methyl sites for hydroxylation is 1. The normalized spacial score (nSPS) is 18.9. The number of rotatable bonds is 2. The van der Waals surface area contributed by atoms with Gasteiger partial charge < -0.3 is 5.11 Å². The Labute approximate surface area is 102 Å². The van der Waals surface area contributed by atoms with Crippen molar-refractivity contribution in [3.8, 4) is 10.7 Å². The van der Waals surface area contributed by atoms with E-state index in [1.807, 2.05) is 17.5 Å². The summed E-state index contributed by atoms with van der Waals surface area (Å²) in [7, 11) is 0. The van der Waals surface area contributed by atoms with Gasteiger partial charge in [0.2, 0.25) is 0 Å². The molecule has 1 atom stereocenters. The van der Waals surface area contributed by atoms with Crippen molar-refractivity contribution in [2.45, 2.75) is 25.3 Å². The molecule has 1 N–H and O–H groups in total. The Balaban J connectivity index is 2.04. The molecule has 0 spiro atoms. The number of carbonyl (C=O) groups is 1. The second-order valence-electron chi connectivity index (χ2n) is 4.03. The molecule has 0 fully saturated rings. The molecule has 6 heteroatoms. The molecule has 5 nitrogen and oxygen atoms in total. The quantitative estimate of drug-likeness (QED) is 0.883. The highest BCUT2D eigenvalue weighted by Gasteiger charge is 2.30. The summed E-state index contributed by atoms with van der Waals surface area (Å²) < 4.78 is 1.73. The van der Waals surface area contributed by atoms with Crippen molar-refractivity contribution in [1.82, 2.24) is 14.8 Å². The van der Waals surface area contributed by atoms with Gasteiger partial charge >= 0.3 is 5.97 Å². The lowest BCUT2D eigenvalue weighted by Gasteiger charge is -2.17. The van der Waals surface area contributed by atoms with E-state index in [0.29, 0.717) is 18.1 Å². The molecule has 0 aliphatic carbocycles. The number of hydrogen-bond donors (Lipinski definition) is 1. The summed E-state index contributed by atoms with van der Waals surface area (Å²) in [5.74, 6) is -0.0867. The number of carboxylic acids is 1. The average Bonchev–Trinajstić information content (AvgIpc) is 2.96. The summed E-state index contributed by atoms with van der Waals surface area (Å²) in [6.07, 6.45) is 1.50. The van der Waals surface area contributed by atoms with Crippen LogP contribution in [0.15, 0.2) is 17.5 Å². The molecule has 2 aromatic heterocycles. The molecule has 0 aromatic carbocycles. The molecule has 2 aromatic rings. The van der Waals surface area contributed by atoms with Gasteiger partial charge in [0.1, 0.15) is 11.7 Å². The van der Waals surface area contributed by atoms with Gasteiger partial charge in [0.15, 0.2) is 5.82 Å². The fourth-order valence-corrected chi connectivity index (χ4v) is 2.75. The number of aliphatic carboxylic acids is 1. The Kier molecular flexibility index (Phi) is 2.44. The van der Waals surface area contributed by atoms with Crippen LogP contribution in [-0.2, 0) is 11.3 Å². The van der Waals surface area contributed by atoms with E-state index in [1.165, 1.54) is 0 Å². The zero-order valence-electron chi connectivity index (χ0n) is 9.04. The number of hydrogen-bond acceptors (Lipinski definition) is 4. The Morgan fingerprint density at radius 2 is 2.47 bits per heavy atom. The predicted octanol–water partition coefficient (Wildman–Crippen LogP) is 1.97. The van der Waals surface area contributed by atoms with Gasteiger partial charge in [-0.05, 0) is 24.3 Å². The summed E-state index contributed by atoms with van der Waals surface area (Å²) in [6.45, 7) is 0.761. The molecule has 3 rings (SSSR count). The van der Waals surface area contributed by atoms with Crippen molar-refractivity contribution in [1.29, 1.82) is 0 Å². The van der Waals surface area contributed by atoms with Crippen LogP contribution < -0.4 is 0 Å². The predicted molar refractivity (Wildman–Crippen MR) is 62.9 cm³/mol. The molecular formula is C11H11N3O2S. The first kappa shape index (κ1) is 10.5. The fraction of sp³-hybridized carbons (Fsp3) is 0.364. The summed E-state index contributed by atoms with van der Waals surface area (Å²) in [6, 6.07) is 3.89. The highest BCUT2D eigenvalue weighted by atomic mass is 32.1. The molecule has 0 bridgehead atoms. The van der Waals surface area contributed by atoms with Crippen molar-refractivity contribution in [2.24, 2.45) is 0 Å². The third-order valence-corrected chi connectivity index (χ3v) is 3.78. The summed E-state index contributed by atoms with van der Waals surface area (Å²) >= 11 is 1.56. The second kappa shape index (κ2) is 3.96. The molecule has 0 saturated carbocycles. The van der Waals surface area contributed by atoms with Crippen LogP contribution in [-0.4, -0.2) is 25.8 Å². The monoisotopic (exact) mass is 249 g/mol. The van der Waals surface area contributed by atoms with Crippen molar-refractivity contribution in [3.05, 3.63) is 23.3 Å². The fourth-order valence-electron chi connectivity index (χ4n) is 2.09. The van der Waals surface area contributed by atoms with Gasteiger partial charge in [0.25, 0.3) is 0 Å². The second-order valence-corrected chi connectivity index (χ2v) is 4.97. The zero-order chi connectivity index (χ0) is 11.8. The first-order valence-corrected chi connectivity index (χ1v) is 6.35. The van der Waals surface area contributed by atoms with Crippen LogP contribution in [0.25, 0.3) is 10.7 Å². The lowest BCUT2D eigenvalue weighted by atomic mass is 10.00. The van der Waals surface area contributed by atoms with Gasteiger partial charge in [-0.2, -0.15) is 0 Å². The van der Waals surface area contributed by atoms with Crippen LogP contribution in [0, 0.1) is 0 Å². The van der Waals surface area contributed by atoms with Gasteiger partial charge in [-0.3, -0.25) is 4.79 Å². The van der Waals surface area contributed by atoms with Crippen molar-refractivity contribution in [3.63, 3.8) is 0 Å². The maximum Gasteiger partial charge on any atom is 0.314 e. The average molecular weight is 249 g/mol. The van der Waals surface area contributed by atoms with E-state index in [1.54, 1.807) is 16.0 Å². The number of thiophene rings is 1. The molecular weight excluding hydrogens is 238 g/mol. The van der Waals surface area contributed by atoms with Crippen LogP contribution >= 0.6 is 11.3 Å². The van der Waals surface area contributed by atoms with E-state index >= 15 is 0 Å². The SMILES string of the molecule is O=C(O)C1CCCn2nc(-c3cccs3)nc21. The van der Waals surface area contributed by atoms with Gasteiger partial charge in [0, 0.05) is 6.54 Å². The van der Waals surface area contributed by atoms with Gasteiger partial charge in [-0.15, -0.1) is 16.4 Å². The Morgan fingerprint density at radius 1 is 1.59 bits per heavy atom. The number of nitrogens with zero attached hydrogens (tertiary/aromatic N) is 3. The first-order valence-electron chi connectivity index (χ1n) is 5.47. The van der Waals surface area contributed by atoms with E-state index in [9.17, 15) is 4.79 Å². The lowest BCUT2D eigenvalue weighted by molar-refractivity contribution is -0.139. The van der Waals surface area contributed by atoms with Crippen LogP contribution in [0.4, 0.5) is 0 Å². The summed E-state index contributed by atoms with van der Waals surface area (Å²) in [5, 5.41) is 15.5. The molecule has 1 unspecified atom stereocenters. The molecule has 0 amide bonds. The number of aromatic nitrogens is 3. The van der Waals surface area contributed by atoms with Crippen LogP contribution in [0.1, 0.15) is 24.6 Å². The summed E-state index contributed by atoms with van der Waals surface area (Å²) in [5.41, 5.74) is 0. The molecule has 88 valence electrons. The largest absolute Gasteiger partial charge is 0.481 e. The zero-order valence-corrected chi connectivity index (χ0v) is 9.85. The van der Waals surface area contributed by atoms with Crippen LogP contribution in [0.5, 0.6) is 0 Å². The topological polar surface area (TPSA) is 68.0 Å². The van der Waals surface area contributed by atoms with Crippen LogP contribution in [0.3, 0.4) is 0 Å². The number of fused-ring (bicyclic) bond motifs is 1. The Morgan fingerprint density at radius 3 is 3.18 bits per heavy atom. The maximum atomic E-state index is 11.1. The van der Waals surface area contributed by atoms with Gasteiger partial charge in [-0.25, -0.2) is 9.67 Å². The van der Waals surface area contributed by atoms with Crippen molar-refractivity contribution in [2.75, 3.05) is 0 Å². The van der Waals surface area contributed by atoms with Crippen molar-refractivity contribution >= 4 is 17.3 Å². The van der Waals surface area contributed by atoms with E-state index in [2.05, 4.69) is 10.1 Å². The van der Waals surface area contributed by atoms with Crippen LogP contribution in [0.2, 0.25) is 0 Å². The van der Waals surface area contributed by atoms with Crippen molar-refractivity contribution < 1.29 is 9.90 Å². The van der Waals surface area contributed by atoms with Gasteiger partial charge in [-0.1, -0.05) is 6.07 Å². The van der Waals surface area contributed by atoms with E-state index in [4.69, 9.17) is 5.11 Å². The molecule has 0 saturated heterocycles. The summed E-state index contributed by atoms with van der Waals surface area (Å²) in [4.78, 5) is 16.5. The maximum absolute atomic E-state index is 11.1. The highest BCUT2D eigenvalue weighted by Crippen LogP contribution is 2.29. The lowest BCUT2D eigenvalue weighted by Crippen LogP contribution is -2.22. The third-order valence-electron chi connectivity index (χ3n) is 2.91. The molecule has 17 heavy (non-hydrogen) atoms. The molecule has 1 aliphatic heterocycles. The standard InChI is InChI=1S/C11H11N3O2S/c15-11(16)7-3-1-5-14-10(7)12-9(13-14)8-4-2-6-17-8/h2,4,6-7H,1,3,5H2,(H,15,16). The first-order chi connectivity index (χ1) is 8.25. The van der Waals surface area contributed by atoms with E-state index < -0.39 is 11.9 Å². The molecule has 1 aliphatic rings. The number of carboxylic acid groups (broad SMARTS) is 1. The minimum atomic E-state index is -0.809.